The summed E-state index contributed by atoms with van der Waals surface area (Å²) >= 11 is 0. The Balaban J connectivity index is 5.26. The van der Waals surface area contributed by atoms with Crippen molar-refractivity contribution in [2.24, 2.45) is 0 Å². The Hall–Kier alpha value is -2.42. The van der Waals surface area contributed by atoms with E-state index in [9.17, 15) is 19.2 Å². The van der Waals surface area contributed by atoms with E-state index in [-0.39, 0.29) is 0 Å². The van der Waals surface area contributed by atoms with Gasteiger partial charge in [0.15, 0.2) is 0 Å². The van der Waals surface area contributed by atoms with E-state index >= 15 is 0 Å². The average Bonchev–Trinajstić information content (AvgIpc) is 2.33. The van der Waals surface area contributed by atoms with E-state index in [0.717, 1.165) is 32.5 Å². The fourth-order valence-electron chi connectivity index (χ4n) is 1.16. The average molecular weight is 316 g/mol. The summed E-state index contributed by atoms with van der Waals surface area (Å²) in [5, 5.41) is 0. The molecule has 1 unspecified atom stereocenters. The quantitative estimate of drug-likeness (QED) is 0.378. The van der Waals surface area contributed by atoms with Crippen LogP contribution in [0.4, 0.5) is 0 Å². The van der Waals surface area contributed by atoms with Gasteiger partial charge in [0.1, 0.15) is 0 Å². The summed E-state index contributed by atoms with van der Waals surface area (Å²) in [6.07, 6.45) is -0.423. The normalized spacial score (nSPS) is 11.6. The zero-order valence-corrected chi connectivity index (χ0v) is 12.9. The van der Waals surface area contributed by atoms with E-state index in [1.807, 2.05) is 0 Å². The van der Waals surface area contributed by atoms with Gasteiger partial charge in [-0.15, -0.1) is 0 Å². The molecule has 8 nitrogen and oxygen atoms in total. The molecule has 0 amide bonds. The Kier molecular flexibility index (Phi) is 7.07. The molecule has 0 saturated heterocycles. The SMILES string of the molecule is C=CC(OC(C)=O)C(=O)O[Si](C=C)(OC(C)=O)OC(C)=O. The molecule has 21 heavy (non-hydrogen) atoms. The molecule has 0 N–H and O–H groups in total. The van der Waals surface area contributed by atoms with Crippen LogP contribution in [-0.4, -0.2) is 38.8 Å². The molecule has 0 aliphatic heterocycles. The number of rotatable bonds is 7. The minimum atomic E-state index is -4.11. The first-order chi connectivity index (χ1) is 9.65. The minimum absolute atomic E-state index is 0.748. The Labute approximate surface area is 122 Å². The Morgan fingerprint density at radius 2 is 1.38 bits per heavy atom. The second-order valence-electron chi connectivity index (χ2n) is 3.68. The van der Waals surface area contributed by atoms with Crippen LogP contribution in [0.2, 0.25) is 0 Å². The van der Waals surface area contributed by atoms with Crippen LogP contribution in [0.1, 0.15) is 20.8 Å². The fourth-order valence-corrected chi connectivity index (χ4v) is 2.73. The van der Waals surface area contributed by atoms with Gasteiger partial charge in [-0.3, -0.25) is 14.4 Å². The summed E-state index contributed by atoms with van der Waals surface area (Å²) in [7, 11) is -4.11. The third-order valence-electron chi connectivity index (χ3n) is 1.80. The summed E-state index contributed by atoms with van der Waals surface area (Å²) < 4.78 is 19.1. The zero-order chi connectivity index (χ0) is 16.6. The lowest BCUT2D eigenvalue weighted by Crippen LogP contribution is -2.50. The lowest BCUT2D eigenvalue weighted by atomic mass is 10.3. The fraction of sp³-hybridized carbons (Fsp3) is 0.333. The topological polar surface area (TPSA) is 105 Å². The summed E-state index contributed by atoms with van der Waals surface area (Å²) in [6, 6.07) is 0. The molecule has 0 aromatic rings. The molecule has 1 atom stereocenters. The Morgan fingerprint density at radius 3 is 1.67 bits per heavy atom. The van der Waals surface area contributed by atoms with Crippen LogP contribution in [0.5, 0.6) is 0 Å². The molecule has 0 aromatic carbocycles. The Bertz CT molecular complexity index is 454. The van der Waals surface area contributed by atoms with Crippen molar-refractivity contribution < 1.29 is 37.2 Å². The molecular formula is C12H16O8Si. The number of esters is 1. The van der Waals surface area contributed by atoms with Crippen molar-refractivity contribution in [3.05, 3.63) is 24.9 Å². The first-order valence-corrected chi connectivity index (χ1v) is 7.51. The lowest BCUT2D eigenvalue weighted by molar-refractivity contribution is -0.162. The third-order valence-corrected chi connectivity index (χ3v) is 3.93. The smallest absolute Gasteiger partial charge is 0.452 e. The van der Waals surface area contributed by atoms with Crippen molar-refractivity contribution in [1.82, 2.24) is 0 Å². The highest BCUT2D eigenvalue weighted by Gasteiger charge is 2.50. The van der Waals surface area contributed by atoms with Gasteiger partial charge in [0, 0.05) is 26.5 Å². The number of hydrogen-bond acceptors (Lipinski definition) is 8. The van der Waals surface area contributed by atoms with Crippen LogP contribution in [0.3, 0.4) is 0 Å². The van der Waals surface area contributed by atoms with Crippen molar-refractivity contribution in [2.75, 3.05) is 0 Å². The maximum Gasteiger partial charge on any atom is 0.734 e. The lowest BCUT2D eigenvalue weighted by Gasteiger charge is -2.24. The molecule has 116 valence electrons. The summed E-state index contributed by atoms with van der Waals surface area (Å²) in [5.74, 6) is -3.52. The molecule has 0 heterocycles. The molecule has 0 aromatic heterocycles. The van der Waals surface area contributed by atoms with E-state index < -0.39 is 38.8 Å². The predicted molar refractivity (Wildman–Crippen MR) is 71.3 cm³/mol. The van der Waals surface area contributed by atoms with Crippen LogP contribution >= 0.6 is 0 Å². The maximum absolute atomic E-state index is 11.9. The summed E-state index contributed by atoms with van der Waals surface area (Å²) in [4.78, 5) is 44.9. The molecule has 0 rings (SSSR count). The largest absolute Gasteiger partial charge is 0.734 e. The highest BCUT2D eigenvalue weighted by Crippen LogP contribution is 2.14. The highest BCUT2D eigenvalue weighted by molar-refractivity contribution is 6.70. The van der Waals surface area contributed by atoms with Crippen molar-refractivity contribution in [2.45, 2.75) is 26.9 Å². The number of carbonyl (C=O) groups excluding carboxylic acids is 4. The van der Waals surface area contributed by atoms with Gasteiger partial charge in [-0.05, 0) is 6.08 Å². The number of ether oxygens (including phenoxy) is 1. The molecule has 9 heteroatoms. The van der Waals surface area contributed by atoms with Crippen molar-refractivity contribution in [3.63, 3.8) is 0 Å². The molecule has 0 bridgehead atoms. The van der Waals surface area contributed by atoms with Crippen LogP contribution in [0.25, 0.3) is 0 Å². The second kappa shape index (κ2) is 8.00. The van der Waals surface area contributed by atoms with Crippen molar-refractivity contribution in [1.29, 1.82) is 0 Å². The molecular weight excluding hydrogens is 300 g/mol. The number of carbonyl (C=O) groups is 4. The number of hydrogen-bond donors (Lipinski definition) is 0. The zero-order valence-electron chi connectivity index (χ0n) is 11.9. The van der Waals surface area contributed by atoms with Crippen LogP contribution in [0, 0.1) is 0 Å². The molecule has 0 aliphatic rings. The van der Waals surface area contributed by atoms with Crippen molar-refractivity contribution in [3.8, 4) is 0 Å². The summed E-state index contributed by atoms with van der Waals surface area (Å²) in [5.41, 5.74) is 0.932. The Morgan fingerprint density at radius 1 is 0.905 bits per heavy atom. The van der Waals surface area contributed by atoms with Crippen LogP contribution in [-0.2, 0) is 37.2 Å². The predicted octanol–water partition coefficient (Wildman–Crippen LogP) is 0.438. The first kappa shape index (κ1) is 18.6. The van der Waals surface area contributed by atoms with E-state index in [0.29, 0.717) is 0 Å². The van der Waals surface area contributed by atoms with Gasteiger partial charge in [-0.1, -0.05) is 13.2 Å². The first-order valence-electron chi connectivity index (χ1n) is 5.71. The van der Waals surface area contributed by atoms with E-state index in [2.05, 4.69) is 17.9 Å². The van der Waals surface area contributed by atoms with E-state index in [1.165, 1.54) is 0 Å². The molecule has 0 fully saturated rings. The highest BCUT2D eigenvalue weighted by atomic mass is 28.4. The van der Waals surface area contributed by atoms with E-state index in [1.54, 1.807) is 0 Å². The van der Waals surface area contributed by atoms with Crippen LogP contribution in [0.15, 0.2) is 24.9 Å². The maximum atomic E-state index is 11.9. The monoisotopic (exact) mass is 316 g/mol. The van der Waals surface area contributed by atoms with E-state index in [4.69, 9.17) is 13.3 Å². The van der Waals surface area contributed by atoms with Gasteiger partial charge in [0.25, 0.3) is 11.9 Å². The second-order valence-corrected chi connectivity index (χ2v) is 5.91. The van der Waals surface area contributed by atoms with Gasteiger partial charge < -0.3 is 18.0 Å². The third kappa shape index (κ3) is 6.52. The van der Waals surface area contributed by atoms with Gasteiger partial charge in [0.05, 0.1) is 0 Å². The summed E-state index contributed by atoms with van der Waals surface area (Å²) in [6.45, 7) is 9.81. The minimum Gasteiger partial charge on any atom is -0.452 e. The van der Waals surface area contributed by atoms with Gasteiger partial charge in [-0.2, -0.15) is 0 Å². The van der Waals surface area contributed by atoms with Gasteiger partial charge in [-0.25, -0.2) is 4.79 Å². The van der Waals surface area contributed by atoms with Crippen molar-refractivity contribution >= 4 is 32.7 Å². The van der Waals surface area contributed by atoms with Crippen LogP contribution < -0.4 is 0 Å². The standard InChI is InChI=1S/C12H16O8Si/c1-6-11(17-8(3)13)12(16)20-21(7-2,18-9(4)14)19-10(5)15/h6-7,11H,1-2H2,3-5H3. The molecule has 0 radical (unpaired) electrons. The molecule has 0 spiro atoms. The molecule has 0 aliphatic carbocycles. The van der Waals surface area contributed by atoms with Gasteiger partial charge in [0.2, 0.25) is 6.10 Å². The van der Waals surface area contributed by atoms with Gasteiger partial charge >= 0.3 is 20.7 Å². The molecule has 0 saturated carbocycles.